The molecule has 1 saturated heterocycles. The largest absolute Gasteiger partial charge is 0.492 e. The highest BCUT2D eigenvalue weighted by atomic mass is 16.5. The van der Waals surface area contributed by atoms with E-state index in [1.165, 1.54) is 0 Å². The summed E-state index contributed by atoms with van der Waals surface area (Å²) in [5.74, 6) is 1.89. The zero-order chi connectivity index (χ0) is 24.4. The van der Waals surface area contributed by atoms with Gasteiger partial charge in [-0.3, -0.25) is 4.90 Å². The molecule has 188 valence electrons. The number of aromatic nitrogens is 3. The highest BCUT2D eigenvalue weighted by Gasteiger charge is 2.12. The Balaban J connectivity index is 1.35. The van der Waals surface area contributed by atoms with Crippen LogP contribution in [0.15, 0.2) is 60.9 Å². The third kappa shape index (κ3) is 6.78. The summed E-state index contributed by atoms with van der Waals surface area (Å²) in [5.41, 5.74) is 3.53. The number of hydrogen-bond donors (Lipinski definition) is 1. The molecule has 9 nitrogen and oxygen atoms in total. The van der Waals surface area contributed by atoms with Gasteiger partial charge in [-0.25, -0.2) is 15.0 Å². The van der Waals surface area contributed by atoms with Crippen molar-refractivity contribution in [2.45, 2.75) is 13.0 Å². The second-order valence-corrected chi connectivity index (χ2v) is 8.52. The Morgan fingerprint density at radius 1 is 0.944 bits per heavy atom. The van der Waals surface area contributed by atoms with E-state index in [0.29, 0.717) is 38.3 Å². The Morgan fingerprint density at radius 3 is 2.81 bits per heavy atom. The lowest BCUT2D eigenvalue weighted by Gasteiger charge is -2.26. The van der Waals surface area contributed by atoms with E-state index in [4.69, 9.17) is 23.9 Å². The molecular formula is C27H31N5O4. The van der Waals surface area contributed by atoms with Gasteiger partial charge in [-0.05, 0) is 36.8 Å². The molecule has 0 aliphatic carbocycles. The van der Waals surface area contributed by atoms with E-state index in [1.54, 1.807) is 12.4 Å². The molecule has 2 aromatic heterocycles. The maximum Gasteiger partial charge on any atom is 0.227 e. The maximum atomic E-state index is 6.16. The van der Waals surface area contributed by atoms with Crippen molar-refractivity contribution in [3.05, 3.63) is 66.5 Å². The molecule has 0 unspecified atom stereocenters. The number of hydrogen-bond acceptors (Lipinski definition) is 9. The van der Waals surface area contributed by atoms with Crippen molar-refractivity contribution in [1.29, 1.82) is 0 Å². The van der Waals surface area contributed by atoms with Crippen LogP contribution in [0.5, 0.6) is 11.6 Å². The normalized spacial score (nSPS) is 17.7. The highest BCUT2D eigenvalue weighted by molar-refractivity contribution is 5.63. The molecule has 0 amide bonds. The molecule has 2 aliphatic heterocycles. The quantitative estimate of drug-likeness (QED) is 0.549. The van der Waals surface area contributed by atoms with Crippen molar-refractivity contribution >= 4 is 11.6 Å². The summed E-state index contributed by atoms with van der Waals surface area (Å²) in [5, 5.41) is 3.31. The Bertz CT molecular complexity index is 1170. The van der Waals surface area contributed by atoms with Crippen LogP contribution in [-0.4, -0.2) is 72.5 Å². The number of anilines is 2. The predicted molar refractivity (Wildman–Crippen MR) is 137 cm³/mol. The van der Waals surface area contributed by atoms with Crippen molar-refractivity contribution in [1.82, 2.24) is 19.9 Å². The number of benzene rings is 1. The Hall–Kier alpha value is -3.53. The average molecular weight is 490 g/mol. The first-order valence-electron chi connectivity index (χ1n) is 12.3. The first-order valence-corrected chi connectivity index (χ1v) is 12.3. The van der Waals surface area contributed by atoms with Gasteiger partial charge >= 0.3 is 0 Å². The minimum atomic E-state index is 0.429. The monoisotopic (exact) mass is 489 g/mol. The fraction of sp³-hybridized carbons (Fsp3) is 0.370. The molecule has 1 fully saturated rings. The van der Waals surface area contributed by atoms with Crippen LogP contribution in [0.2, 0.25) is 0 Å². The van der Waals surface area contributed by atoms with Crippen LogP contribution in [-0.2, 0) is 16.1 Å². The number of pyridine rings is 1. The third-order valence-electron chi connectivity index (χ3n) is 5.94. The van der Waals surface area contributed by atoms with Gasteiger partial charge in [-0.1, -0.05) is 12.2 Å². The van der Waals surface area contributed by atoms with Gasteiger partial charge in [0.25, 0.3) is 0 Å². The smallest absolute Gasteiger partial charge is 0.227 e. The van der Waals surface area contributed by atoms with E-state index >= 15 is 0 Å². The summed E-state index contributed by atoms with van der Waals surface area (Å²) >= 11 is 0. The molecule has 0 saturated carbocycles. The standard InChI is InChI=1S/C27H31N5O4/c1-2-13-34-20-22-18-23(4-5-25(22)35-17-12-32-10-15-33-16-11-32)30-27-29-9-7-24(31-27)21-6-8-28-26(19-21)36-14-3-1/h1-2,4-9,18-19H,3,10-17,20H2,(H,29,30,31)/b2-1+. The molecule has 2 aliphatic rings. The molecule has 3 aromatic rings. The first kappa shape index (κ1) is 24.2. The molecular weight excluding hydrogens is 458 g/mol. The SMILES string of the molecule is C1=C/COCc2cc(ccc2OCCN2CCOCC2)Nc2nccc(n2)-c2ccnc(c2)OCC/1. The lowest BCUT2D eigenvalue weighted by molar-refractivity contribution is 0.0320. The topological polar surface area (TPSA) is 90.9 Å². The number of rotatable bonds is 4. The van der Waals surface area contributed by atoms with Crippen molar-refractivity contribution < 1.29 is 18.9 Å². The average Bonchev–Trinajstić information content (AvgIpc) is 2.92. The fourth-order valence-corrected chi connectivity index (χ4v) is 4.03. The van der Waals surface area contributed by atoms with Crippen LogP contribution in [0.1, 0.15) is 12.0 Å². The van der Waals surface area contributed by atoms with Gasteiger partial charge in [-0.2, -0.15) is 0 Å². The highest BCUT2D eigenvalue weighted by Crippen LogP contribution is 2.27. The van der Waals surface area contributed by atoms with Crippen LogP contribution in [0, 0.1) is 0 Å². The molecule has 36 heavy (non-hydrogen) atoms. The number of ether oxygens (including phenoxy) is 4. The number of nitrogens with zero attached hydrogens (tertiary/aromatic N) is 4. The second kappa shape index (κ2) is 12.4. The fourth-order valence-electron chi connectivity index (χ4n) is 4.03. The molecule has 6 bridgehead atoms. The van der Waals surface area contributed by atoms with Crippen molar-refractivity contribution in [3.63, 3.8) is 0 Å². The van der Waals surface area contributed by atoms with Crippen LogP contribution in [0.4, 0.5) is 11.6 Å². The lowest BCUT2D eigenvalue weighted by atomic mass is 10.2. The van der Waals surface area contributed by atoms with Crippen molar-refractivity contribution in [2.75, 3.05) is 58.0 Å². The molecule has 0 radical (unpaired) electrons. The molecule has 0 atom stereocenters. The maximum absolute atomic E-state index is 6.16. The summed E-state index contributed by atoms with van der Waals surface area (Å²) in [6.45, 7) is 6.40. The van der Waals surface area contributed by atoms with E-state index in [1.807, 2.05) is 42.5 Å². The van der Waals surface area contributed by atoms with Crippen LogP contribution in [0.3, 0.4) is 0 Å². The molecule has 1 aromatic carbocycles. The number of nitrogens with one attached hydrogen (secondary N) is 1. The molecule has 5 rings (SSSR count). The van der Waals surface area contributed by atoms with Gasteiger partial charge in [0.1, 0.15) is 12.4 Å². The predicted octanol–water partition coefficient (Wildman–Crippen LogP) is 3.85. The van der Waals surface area contributed by atoms with E-state index in [9.17, 15) is 0 Å². The zero-order valence-corrected chi connectivity index (χ0v) is 20.3. The van der Waals surface area contributed by atoms with E-state index < -0.39 is 0 Å². The summed E-state index contributed by atoms with van der Waals surface area (Å²) < 4.78 is 23.3. The molecule has 4 heterocycles. The van der Waals surface area contributed by atoms with E-state index in [-0.39, 0.29) is 0 Å². The van der Waals surface area contributed by atoms with E-state index in [2.05, 4.69) is 26.3 Å². The summed E-state index contributed by atoms with van der Waals surface area (Å²) in [7, 11) is 0. The molecule has 9 heteroatoms. The lowest BCUT2D eigenvalue weighted by Crippen LogP contribution is -2.38. The zero-order valence-electron chi connectivity index (χ0n) is 20.3. The second-order valence-electron chi connectivity index (χ2n) is 8.52. The molecule has 0 spiro atoms. The van der Waals surface area contributed by atoms with Gasteiger partial charge in [-0.15, -0.1) is 0 Å². The minimum Gasteiger partial charge on any atom is -0.492 e. The first-order chi connectivity index (χ1) is 17.8. The third-order valence-corrected chi connectivity index (χ3v) is 5.94. The number of fused-ring (bicyclic) bond motifs is 7. The van der Waals surface area contributed by atoms with Gasteiger partial charge in [0.2, 0.25) is 11.8 Å². The molecule has 1 N–H and O–H groups in total. The Morgan fingerprint density at radius 2 is 1.86 bits per heavy atom. The van der Waals surface area contributed by atoms with Crippen LogP contribution in [0.25, 0.3) is 11.3 Å². The Kier molecular flexibility index (Phi) is 8.35. The van der Waals surface area contributed by atoms with E-state index in [0.717, 1.165) is 67.5 Å². The van der Waals surface area contributed by atoms with Gasteiger partial charge in [0.05, 0.1) is 38.7 Å². The Labute approximate surface area is 211 Å². The van der Waals surface area contributed by atoms with Crippen molar-refractivity contribution in [3.8, 4) is 22.9 Å². The van der Waals surface area contributed by atoms with Crippen molar-refractivity contribution in [2.24, 2.45) is 0 Å². The van der Waals surface area contributed by atoms with Gasteiger partial charge in [0, 0.05) is 54.9 Å². The van der Waals surface area contributed by atoms with Gasteiger partial charge < -0.3 is 24.3 Å². The summed E-state index contributed by atoms with van der Waals surface area (Å²) in [4.78, 5) is 15.8. The number of morpholine rings is 1. The van der Waals surface area contributed by atoms with Crippen LogP contribution < -0.4 is 14.8 Å². The van der Waals surface area contributed by atoms with Gasteiger partial charge in [0.15, 0.2) is 0 Å². The summed E-state index contributed by atoms with van der Waals surface area (Å²) in [6, 6.07) is 11.7. The van der Waals surface area contributed by atoms with Crippen LogP contribution >= 0.6 is 0 Å². The summed E-state index contributed by atoms with van der Waals surface area (Å²) in [6.07, 6.45) is 8.30. The minimum absolute atomic E-state index is 0.429.